The first-order valence-corrected chi connectivity index (χ1v) is 7.70. The van der Waals surface area contributed by atoms with E-state index in [1.54, 1.807) is 22.3 Å². The maximum absolute atomic E-state index is 2.32. The van der Waals surface area contributed by atoms with Gasteiger partial charge in [-0.05, 0) is 43.3 Å². The van der Waals surface area contributed by atoms with Crippen LogP contribution in [0.3, 0.4) is 0 Å². The van der Waals surface area contributed by atoms with Crippen molar-refractivity contribution in [3.8, 4) is 0 Å². The normalized spacial score (nSPS) is 16.2. The Hall–Kier alpha value is -0.520. The molecule has 0 aromatic heterocycles. The first-order chi connectivity index (χ1) is 8.28. The quantitative estimate of drug-likeness (QED) is 0.470. The minimum absolute atomic E-state index is 1.30. The summed E-state index contributed by atoms with van der Waals surface area (Å²) in [5, 5.41) is 0. The third kappa shape index (κ3) is 3.72. The molecule has 98 valence electrons. The van der Waals surface area contributed by atoms with Gasteiger partial charge in [0.25, 0.3) is 0 Å². The molecule has 0 saturated heterocycles. The topological polar surface area (TPSA) is 0 Å². The Morgan fingerprint density at radius 3 is 1.24 bits per heavy atom. The van der Waals surface area contributed by atoms with Gasteiger partial charge in [-0.15, -0.1) is 0 Å². The maximum Gasteiger partial charge on any atom is -0.00966 e. The van der Waals surface area contributed by atoms with Gasteiger partial charge in [0.15, 0.2) is 0 Å². The third-order valence-electron chi connectivity index (χ3n) is 3.75. The van der Waals surface area contributed by atoms with E-state index in [1.165, 1.54) is 57.8 Å². The van der Waals surface area contributed by atoms with Crippen molar-refractivity contribution in [1.29, 1.82) is 0 Å². The molecule has 0 nitrogen and oxygen atoms in total. The lowest BCUT2D eigenvalue weighted by Crippen LogP contribution is -1.91. The van der Waals surface area contributed by atoms with E-state index in [0.717, 1.165) is 0 Å². The molecule has 1 aliphatic rings. The zero-order valence-electron chi connectivity index (χ0n) is 12.4. The molecule has 0 atom stereocenters. The third-order valence-corrected chi connectivity index (χ3v) is 3.75. The molecule has 0 heteroatoms. The summed E-state index contributed by atoms with van der Waals surface area (Å²) in [5.41, 5.74) is 7.09. The van der Waals surface area contributed by atoms with Gasteiger partial charge in [-0.2, -0.15) is 0 Å². The van der Waals surface area contributed by atoms with Crippen LogP contribution in [-0.2, 0) is 0 Å². The molecule has 0 spiro atoms. The second kappa shape index (κ2) is 7.74. The molecule has 0 N–H and O–H groups in total. The van der Waals surface area contributed by atoms with Crippen molar-refractivity contribution in [3.05, 3.63) is 22.3 Å². The molecule has 0 aromatic rings. The summed E-state index contributed by atoms with van der Waals surface area (Å²) >= 11 is 0. The second-order valence-electron chi connectivity index (χ2n) is 5.34. The highest BCUT2D eigenvalue weighted by Gasteiger charge is 2.21. The molecule has 0 fully saturated rings. The molecule has 0 radical (unpaired) electrons. The predicted octanol–water partition coefficient (Wildman–Crippen LogP) is 6.18. The SMILES string of the molecule is CCCC1=C(CCC)C(CCC)=C(CCC)C1. The summed E-state index contributed by atoms with van der Waals surface area (Å²) in [5.74, 6) is 0. The highest BCUT2D eigenvalue weighted by atomic mass is 14.3. The molecule has 0 heterocycles. The van der Waals surface area contributed by atoms with Crippen molar-refractivity contribution in [2.24, 2.45) is 0 Å². The average molecular weight is 234 g/mol. The molecule has 0 aromatic carbocycles. The molecule has 1 aliphatic carbocycles. The number of allylic oxidation sites excluding steroid dienone is 4. The number of hydrogen-bond acceptors (Lipinski definition) is 0. The average Bonchev–Trinajstić information content (AvgIpc) is 2.61. The Morgan fingerprint density at radius 2 is 0.941 bits per heavy atom. The summed E-state index contributed by atoms with van der Waals surface area (Å²) in [7, 11) is 0. The summed E-state index contributed by atoms with van der Waals surface area (Å²) in [6.07, 6.45) is 11.8. The van der Waals surface area contributed by atoms with Gasteiger partial charge < -0.3 is 0 Å². The predicted molar refractivity (Wildman–Crippen MR) is 78.3 cm³/mol. The van der Waals surface area contributed by atoms with E-state index < -0.39 is 0 Å². The maximum atomic E-state index is 2.32. The molecule has 0 saturated carbocycles. The van der Waals surface area contributed by atoms with Crippen molar-refractivity contribution in [2.45, 2.75) is 85.5 Å². The molecule has 17 heavy (non-hydrogen) atoms. The van der Waals surface area contributed by atoms with Gasteiger partial charge in [-0.3, -0.25) is 0 Å². The Bertz CT molecular complexity index is 261. The largest absolute Gasteiger partial charge is 0.0651 e. The van der Waals surface area contributed by atoms with E-state index in [4.69, 9.17) is 0 Å². The smallest absolute Gasteiger partial charge is 0.00966 e. The zero-order valence-corrected chi connectivity index (χ0v) is 12.4. The minimum Gasteiger partial charge on any atom is -0.0651 e. The summed E-state index contributed by atoms with van der Waals surface area (Å²) in [6.45, 7) is 9.26. The van der Waals surface area contributed by atoms with Gasteiger partial charge in [0.05, 0.1) is 0 Å². The van der Waals surface area contributed by atoms with Crippen molar-refractivity contribution in [2.75, 3.05) is 0 Å². The van der Waals surface area contributed by atoms with Crippen LogP contribution < -0.4 is 0 Å². The fraction of sp³-hybridized carbons (Fsp3) is 0.765. The van der Waals surface area contributed by atoms with E-state index in [-0.39, 0.29) is 0 Å². The van der Waals surface area contributed by atoms with E-state index in [9.17, 15) is 0 Å². The highest BCUT2D eigenvalue weighted by Crippen LogP contribution is 2.41. The standard InChI is InChI=1S/C17H30/c1-5-9-14-13-15(10-6-2)17(12-8-4)16(14)11-7-3/h5-13H2,1-4H3. The van der Waals surface area contributed by atoms with Gasteiger partial charge in [-0.25, -0.2) is 0 Å². The van der Waals surface area contributed by atoms with Gasteiger partial charge in [0.1, 0.15) is 0 Å². The molecule has 0 amide bonds. The van der Waals surface area contributed by atoms with Crippen LogP contribution >= 0.6 is 0 Å². The molecular weight excluding hydrogens is 204 g/mol. The highest BCUT2D eigenvalue weighted by molar-refractivity contribution is 5.47. The number of hydrogen-bond donors (Lipinski definition) is 0. The second-order valence-corrected chi connectivity index (χ2v) is 5.34. The molecule has 1 rings (SSSR count). The summed E-state index contributed by atoms with van der Waals surface area (Å²) in [6, 6.07) is 0. The fourth-order valence-electron chi connectivity index (χ4n) is 3.14. The van der Waals surface area contributed by atoms with Crippen LogP contribution in [0.2, 0.25) is 0 Å². The van der Waals surface area contributed by atoms with Crippen LogP contribution in [-0.4, -0.2) is 0 Å². The van der Waals surface area contributed by atoms with Gasteiger partial charge in [-0.1, -0.05) is 64.5 Å². The lowest BCUT2D eigenvalue weighted by atomic mass is 9.95. The van der Waals surface area contributed by atoms with Crippen molar-refractivity contribution >= 4 is 0 Å². The van der Waals surface area contributed by atoms with E-state index in [0.29, 0.717) is 0 Å². The number of rotatable bonds is 8. The van der Waals surface area contributed by atoms with Crippen molar-refractivity contribution < 1.29 is 0 Å². The first kappa shape index (κ1) is 14.5. The molecular formula is C17H30. The molecule has 0 unspecified atom stereocenters. The van der Waals surface area contributed by atoms with E-state index in [2.05, 4.69) is 27.7 Å². The van der Waals surface area contributed by atoms with E-state index >= 15 is 0 Å². The lowest BCUT2D eigenvalue weighted by molar-refractivity contribution is 0.819. The minimum atomic E-state index is 1.30. The van der Waals surface area contributed by atoms with Crippen LogP contribution in [0.1, 0.15) is 85.5 Å². The van der Waals surface area contributed by atoms with Gasteiger partial charge in [0.2, 0.25) is 0 Å². The Morgan fingerprint density at radius 1 is 0.588 bits per heavy atom. The van der Waals surface area contributed by atoms with Crippen LogP contribution in [0.15, 0.2) is 22.3 Å². The monoisotopic (exact) mass is 234 g/mol. The summed E-state index contributed by atoms with van der Waals surface area (Å²) < 4.78 is 0. The van der Waals surface area contributed by atoms with E-state index in [1.807, 2.05) is 0 Å². The van der Waals surface area contributed by atoms with Crippen LogP contribution in [0.25, 0.3) is 0 Å². The van der Waals surface area contributed by atoms with Crippen LogP contribution in [0, 0.1) is 0 Å². The van der Waals surface area contributed by atoms with Crippen molar-refractivity contribution in [3.63, 3.8) is 0 Å². The lowest BCUT2D eigenvalue weighted by Gasteiger charge is -2.11. The zero-order chi connectivity index (χ0) is 12.7. The van der Waals surface area contributed by atoms with Crippen molar-refractivity contribution in [1.82, 2.24) is 0 Å². The van der Waals surface area contributed by atoms with Gasteiger partial charge >= 0.3 is 0 Å². The van der Waals surface area contributed by atoms with Crippen LogP contribution in [0.4, 0.5) is 0 Å². The molecule has 0 aliphatic heterocycles. The Kier molecular flexibility index (Phi) is 6.62. The van der Waals surface area contributed by atoms with Crippen LogP contribution in [0.5, 0.6) is 0 Å². The first-order valence-electron chi connectivity index (χ1n) is 7.70. The van der Waals surface area contributed by atoms with Gasteiger partial charge in [0, 0.05) is 0 Å². The summed E-state index contributed by atoms with van der Waals surface area (Å²) in [4.78, 5) is 0. The Labute approximate surface area is 108 Å². The molecule has 0 bridgehead atoms. The Balaban J connectivity index is 2.91. The fourth-order valence-corrected chi connectivity index (χ4v) is 3.14.